The minimum atomic E-state index is -1.54. The van der Waals surface area contributed by atoms with E-state index in [4.69, 9.17) is 8.85 Å². The summed E-state index contributed by atoms with van der Waals surface area (Å²) in [5, 5.41) is 0. The molecule has 2 atom stereocenters. The molecule has 4 nitrogen and oxygen atoms in total. The second-order valence-electron chi connectivity index (χ2n) is 7.42. The van der Waals surface area contributed by atoms with Gasteiger partial charge in [-0.05, 0) is 37.5 Å². The third-order valence-electron chi connectivity index (χ3n) is 5.86. The Morgan fingerprint density at radius 1 is 0.739 bits per heavy atom. The van der Waals surface area contributed by atoms with Crippen LogP contribution in [0.1, 0.15) is 78.1 Å². The first-order valence-corrected chi connectivity index (χ1v) is 10.6. The molecule has 0 saturated heterocycles. The van der Waals surface area contributed by atoms with Crippen LogP contribution in [0.3, 0.4) is 0 Å². The van der Waals surface area contributed by atoms with Gasteiger partial charge in [0, 0.05) is 0 Å². The third-order valence-corrected chi connectivity index (χ3v) is 6.66. The highest BCUT2D eigenvalue weighted by atomic mass is 28.3. The molecule has 0 heterocycles. The second-order valence-corrected chi connectivity index (χ2v) is 8.23. The van der Waals surface area contributed by atoms with Gasteiger partial charge in [0.05, 0.1) is 11.8 Å². The maximum absolute atomic E-state index is 12.1. The van der Waals surface area contributed by atoms with Crippen LogP contribution in [0.25, 0.3) is 0 Å². The van der Waals surface area contributed by atoms with Gasteiger partial charge in [-0.2, -0.15) is 0 Å². The standard InChI is InChI=1S/C18H32O4Si/c1-13(15-9-5-3-6-10-15)17(19)21-23-22-18(20)14(2)16-11-7-4-8-12-16/h13-16H,3-12,23H2,1-2H3. The molecule has 2 rings (SSSR count). The summed E-state index contributed by atoms with van der Waals surface area (Å²) in [7, 11) is -1.54. The van der Waals surface area contributed by atoms with Gasteiger partial charge in [0.15, 0.2) is 0 Å². The summed E-state index contributed by atoms with van der Waals surface area (Å²) in [6.45, 7) is 3.92. The molecule has 0 aromatic rings. The fourth-order valence-corrected chi connectivity index (χ4v) is 4.88. The zero-order valence-electron chi connectivity index (χ0n) is 14.7. The average Bonchev–Trinajstić information content (AvgIpc) is 2.61. The van der Waals surface area contributed by atoms with Crippen molar-refractivity contribution >= 4 is 21.9 Å². The minimum absolute atomic E-state index is 0.0581. The molecule has 0 radical (unpaired) electrons. The first-order valence-electron chi connectivity index (χ1n) is 9.43. The van der Waals surface area contributed by atoms with Crippen molar-refractivity contribution in [1.82, 2.24) is 0 Å². The molecule has 2 unspecified atom stereocenters. The van der Waals surface area contributed by atoms with E-state index in [-0.39, 0.29) is 23.8 Å². The molecule has 0 spiro atoms. The van der Waals surface area contributed by atoms with Gasteiger partial charge in [-0.25, -0.2) is 0 Å². The molecule has 2 saturated carbocycles. The number of hydrogen-bond donors (Lipinski definition) is 0. The molecule has 5 heteroatoms. The Morgan fingerprint density at radius 3 is 1.43 bits per heavy atom. The molecule has 132 valence electrons. The largest absolute Gasteiger partial charge is 0.489 e. The van der Waals surface area contributed by atoms with E-state index in [9.17, 15) is 9.59 Å². The van der Waals surface area contributed by atoms with Crippen LogP contribution >= 0.6 is 0 Å². The van der Waals surface area contributed by atoms with E-state index in [1.165, 1.54) is 38.5 Å². The lowest BCUT2D eigenvalue weighted by atomic mass is 9.81. The van der Waals surface area contributed by atoms with Crippen LogP contribution in [-0.4, -0.2) is 21.9 Å². The zero-order chi connectivity index (χ0) is 16.7. The second kappa shape index (κ2) is 9.45. The summed E-state index contributed by atoms with van der Waals surface area (Å²) in [6.07, 6.45) is 11.9. The molecule has 0 N–H and O–H groups in total. The van der Waals surface area contributed by atoms with Crippen molar-refractivity contribution in [3.63, 3.8) is 0 Å². The van der Waals surface area contributed by atoms with Gasteiger partial charge in [0.25, 0.3) is 11.9 Å². The Morgan fingerprint density at radius 2 is 1.09 bits per heavy atom. The minimum Gasteiger partial charge on any atom is -0.489 e. The lowest BCUT2D eigenvalue weighted by Gasteiger charge is -2.27. The van der Waals surface area contributed by atoms with Crippen LogP contribution in [-0.2, 0) is 18.4 Å². The smallest absolute Gasteiger partial charge is 0.431 e. The Hall–Kier alpha value is -0.843. The molecular formula is C18H32O4Si. The Balaban J connectivity index is 1.66. The highest BCUT2D eigenvalue weighted by Crippen LogP contribution is 2.31. The molecule has 2 aliphatic carbocycles. The molecule has 2 fully saturated rings. The molecular weight excluding hydrogens is 308 g/mol. The fourth-order valence-electron chi connectivity index (χ4n) is 4.06. The summed E-state index contributed by atoms with van der Waals surface area (Å²) in [5.41, 5.74) is 0. The van der Waals surface area contributed by atoms with E-state index >= 15 is 0 Å². The monoisotopic (exact) mass is 340 g/mol. The maximum Gasteiger partial charge on any atom is 0.431 e. The molecule has 0 amide bonds. The number of hydrogen-bond acceptors (Lipinski definition) is 4. The van der Waals surface area contributed by atoms with E-state index in [2.05, 4.69) is 0 Å². The lowest BCUT2D eigenvalue weighted by molar-refractivity contribution is -0.145. The first kappa shape index (κ1) is 18.5. The van der Waals surface area contributed by atoms with Gasteiger partial charge in [-0.15, -0.1) is 0 Å². The van der Waals surface area contributed by atoms with E-state index in [0.29, 0.717) is 11.8 Å². The summed E-state index contributed by atoms with van der Waals surface area (Å²) in [5.74, 6) is 0.446. The van der Waals surface area contributed by atoms with Crippen molar-refractivity contribution < 1.29 is 18.4 Å². The van der Waals surface area contributed by atoms with Gasteiger partial charge >= 0.3 is 10.0 Å². The fraction of sp³-hybridized carbons (Fsp3) is 0.889. The molecule has 23 heavy (non-hydrogen) atoms. The quantitative estimate of drug-likeness (QED) is 0.694. The van der Waals surface area contributed by atoms with E-state index < -0.39 is 10.0 Å². The van der Waals surface area contributed by atoms with Gasteiger partial charge in [0.2, 0.25) is 0 Å². The highest BCUT2D eigenvalue weighted by molar-refractivity contribution is 6.26. The van der Waals surface area contributed by atoms with Gasteiger partial charge in [0.1, 0.15) is 0 Å². The van der Waals surface area contributed by atoms with Crippen LogP contribution in [0.4, 0.5) is 0 Å². The van der Waals surface area contributed by atoms with Crippen molar-refractivity contribution in [2.75, 3.05) is 0 Å². The van der Waals surface area contributed by atoms with Crippen LogP contribution in [0.15, 0.2) is 0 Å². The van der Waals surface area contributed by atoms with Crippen molar-refractivity contribution in [3.8, 4) is 0 Å². The summed E-state index contributed by atoms with van der Waals surface area (Å²) >= 11 is 0. The molecule has 0 aromatic heterocycles. The number of carbonyl (C=O) groups is 2. The summed E-state index contributed by atoms with van der Waals surface area (Å²) in [4.78, 5) is 24.2. The Labute approximate surface area is 142 Å². The lowest BCUT2D eigenvalue weighted by Crippen LogP contribution is -2.30. The predicted octanol–water partition coefficient (Wildman–Crippen LogP) is 3.50. The van der Waals surface area contributed by atoms with Crippen LogP contribution in [0.5, 0.6) is 0 Å². The molecule has 0 aliphatic heterocycles. The average molecular weight is 341 g/mol. The molecule has 2 aliphatic rings. The van der Waals surface area contributed by atoms with Crippen molar-refractivity contribution in [2.24, 2.45) is 23.7 Å². The number of rotatable bonds is 6. The van der Waals surface area contributed by atoms with Crippen LogP contribution < -0.4 is 0 Å². The van der Waals surface area contributed by atoms with E-state index in [1.54, 1.807) is 0 Å². The van der Waals surface area contributed by atoms with Crippen molar-refractivity contribution in [2.45, 2.75) is 78.1 Å². The topological polar surface area (TPSA) is 52.6 Å². The third kappa shape index (κ3) is 5.62. The van der Waals surface area contributed by atoms with Crippen molar-refractivity contribution in [1.29, 1.82) is 0 Å². The predicted molar refractivity (Wildman–Crippen MR) is 92.2 cm³/mol. The highest BCUT2D eigenvalue weighted by Gasteiger charge is 2.29. The maximum atomic E-state index is 12.1. The Kier molecular flexibility index (Phi) is 7.60. The van der Waals surface area contributed by atoms with E-state index in [0.717, 1.165) is 25.7 Å². The number of carbonyl (C=O) groups excluding carboxylic acids is 2. The van der Waals surface area contributed by atoms with Gasteiger partial charge < -0.3 is 8.85 Å². The first-order chi connectivity index (χ1) is 11.1. The SMILES string of the molecule is CC(C(=O)O[SiH2]OC(=O)C(C)C1CCCCC1)C1CCCCC1. The van der Waals surface area contributed by atoms with Gasteiger partial charge in [-0.1, -0.05) is 52.4 Å². The van der Waals surface area contributed by atoms with Gasteiger partial charge in [-0.3, -0.25) is 9.59 Å². The van der Waals surface area contributed by atoms with Crippen LogP contribution in [0, 0.1) is 23.7 Å². The van der Waals surface area contributed by atoms with Crippen molar-refractivity contribution in [3.05, 3.63) is 0 Å². The summed E-state index contributed by atoms with van der Waals surface area (Å²) in [6, 6.07) is 0. The van der Waals surface area contributed by atoms with Crippen LogP contribution in [0.2, 0.25) is 0 Å². The zero-order valence-corrected chi connectivity index (χ0v) is 16.1. The molecule has 0 bridgehead atoms. The summed E-state index contributed by atoms with van der Waals surface area (Å²) < 4.78 is 10.6. The van der Waals surface area contributed by atoms with E-state index in [1.807, 2.05) is 13.8 Å². The normalized spacial score (nSPS) is 23.6. The molecule has 0 aromatic carbocycles. The Bertz CT molecular complexity index is 350.